The van der Waals surface area contributed by atoms with Gasteiger partial charge in [0.25, 0.3) is 5.91 Å². The highest BCUT2D eigenvalue weighted by atomic mass is 16.1. The Balaban J connectivity index is 2.54. The van der Waals surface area contributed by atoms with Gasteiger partial charge in [-0.25, -0.2) is 0 Å². The number of carbonyl (C=O) groups excluding carboxylic acids is 1. The van der Waals surface area contributed by atoms with Crippen LogP contribution >= 0.6 is 0 Å². The third kappa shape index (κ3) is 2.05. The molecule has 2 heterocycles. The van der Waals surface area contributed by atoms with Crippen LogP contribution in [0.15, 0.2) is 30.6 Å². The summed E-state index contributed by atoms with van der Waals surface area (Å²) in [7, 11) is 1.51. The summed E-state index contributed by atoms with van der Waals surface area (Å²) < 4.78 is 0. The van der Waals surface area contributed by atoms with Crippen molar-refractivity contribution in [1.82, 2.24) is 20.5 Å². The Hall–Kier alpha value is -2.50. The Labute approximate surface area is 97.9 Å². The number of hydrogen-bond acceptors (Lipinski definition) is 5. The molecule has 0 unspecified atom stereocenters. The van der Waals surface area contributed by atoms with E-state index in [-0.39, 0.29) is 17.3 Å². The highest BCUT2D eigenvalue weighted by molar-refractivity contribution is 5.99. The number of carbonyl (C=O) groups is 1. The molecule has 0 aliphatic heterocycles. The van der Waals surface area contributed by atoms with E-state index in [2.05, 4.69) is 20.5 Å². The predicted molar refractivity (Wildman–Crippen MR) is 63.1 cm³/mol. The van der Waals surface area contributed by atoms with Crippen molar-refractivity contribution in [2.45, 2.75) is 0 Å². The first-order chi connectivity index (χ1) is 8.24. The largest absolute Gasteiger partial charge is 0.396 e. The van der Waals surface area contributed by atoms with Crippen molar-refractivity contribution in [3.05, 3.63) is 36.3 Å². The molecule has 0 bridgehead atoms. The number of nitrogens with zero attached hydrogens (tertiary/aromatic N) is 3. The van der Waals surface area contributed by atoms with Gasteiger partial charge in [0.1, 0.15) is 0 Å². The van der Waals surface area contributed by atoms with Crippen LogP contribution in [0.2, 0.25) is 0 Å². The van der Waals surface area contributed by atoms with Gasteiger partial charge in [0, 0.05) is 18.8 Å². The molecular formula is C11H11N5O. The third-order valence-electron chi connectivity index (χ3n) is 2.27. The smallest absolute Gasteiger partial charge is 0.273 e. The third-order valence-corrected chi connectivity index (χ3v) is 2.27. The monoisotopic (exact) mass is 229 g/mol. The Bertz CT molecular complexity index is 541. The lowest BCUT2D eigenvalue weighted by molar-refractivity contribution is 0.0958. The second-order valence-corrected chi connectivity index (χ2v) is 3.31. The lowest BCUT2D eigenvalue weighted by Gasteiger charge is -2.07. The number of pyridine rings is 1. The van der Waals surface area contributed by atoms with Gasteiger partial charge in [-0.2, -0.15) is 5.10 Å². The van der Waals surface area contributed by atoms with E-state index in [0.29, 0.717) is 11.3 Å². The summed E-state index contributed by atoms with van der Waals surface area (Å²) in [6, 6.07) is 5.43. The Morgan fingerprint density at radius 1 is 1.41 bits per heavy atom. The van der Waals surface area contributed by atoms with Crippen molar-refractivity contribution in [1.29, 1.82) is 0 Å². The van der Waals surface area contributed by atoms with Crippen LogP contribution in [0.4, 0.5) is 5.69 Å². The molecule has 0 fully saturated rings. The molecule has 0 radical (unpaired) electrons. The summed E-state index contributed by atoms with van der Waals surface area (Å²) in [5.41, 5.74) is 7.53. The van der Waals surface area contributed by atoms with Crippen LogP contribution < -0.4 is 11.1 Å². The Kier molecular flexibility index (Phi) is 2.95. The Morgan fingerprint density at radius 3 is 2.88 bits per heavy atom. The average Bonchev–Trinajstić information content (AvgIpc) is 2.39. The minimum absolute atomic E-state index is 0.107. The van der Waals surface area contributed by atoms with Gasteiger partial charge in [-0.1, -0.05) is 6.07 Å². The van der Waals surface area contributed by atoms with E-state index in [1.54, 1.807) is 18.3 Å². The molecule has 3 N–H and O–H groups in total. The van der Waals surface area contributed by atoms with Gasteiger partial charge in [0.05, 0.1) is 17.6 Å². The zero-order valence-electron chi connectivity index (χ0n) is 9.21. The molecule has 0 aliphatic rings. The number of hydrogen-bond donors (Lipinski definition) is 2. The van der Waals surface area contributed by atoms with Crippen molar-refractivity contribution < 1.29 is 4.79 Å². The average molecular weight is 229 g/mol. The molecule has 6 nitrogen and oxygen atoms in total. The molecule has 0 aromatic carbocycles. The van der Waals surface area contributed by atoms with Crippen molar-refractivity contribution in [2.24, 2.45) is 0 Å². The zero-order valence-corrected chi connectivity index (χ0v) is 9.21. The quantitative estimate of drug-likeness (QED) is 0.781. The van der Waals surface area contributed by atoms with Crippen molar-refractivity contribution in [2.75, 3.05) is 12.8 Å². The first-order valence-corrected chi connectivity index (χ1v) is 4.98. The van der Waals surface area contributed by atoms with E-state index >= 15 is 0 Å². The number of anilines is 1. The molecule has 2 aromatic heterocycles. The van der Waals surface area contributed by atoms with E-state index < -0.39 is 0 Å². The van der Waals surface area contributed by atoms with Gasteiger partial charge in [0.2, 0.25) is 0 Å². The minimum atomic E-state index is -0.368. The minimum Gasteiger partial charge on any atom is -0.396 e. The maximum Gasteiger partial charge on any atom is 0.273 e. The summed E-state index contributed by atoms with van der Waals surface area (Å²) in [6.45, 7) is 0. The zero-order chi connectivity index (χ0) is 12.3. The number of nitrogens with one attached hydrogen (secondary N) is 1. The van der Waals surface area contributed by atoms with E-state index in [1.807, 2.05) is 6.07 Å². The van der Waals surface area contributed by atoms with Crippen LogP contribution in [-0.4, -0.2) is 28.1 Å². The molecule has 1 amide bonds. The maximum atomic E-state index is 11.5. The van der Waals surface area contributed by atoms with Gasteiger partial charge in [0.15, 0.2) is 5.69 Å². The maximum absolute atomic E-state index is 11.5. The lowest BCUT2D eigenvalue weighted by atomic mass is 10.1. The van der Waals surface area contributed by atoms with Crippen LogP contribution in [0, 0.1) is 0 Å². The first kappa shape index (κ1) is 11.0. The van der Waals surface area contributed by atoms with Gasteiger partial charge >= 0.3 is 0 Å². The van der Waals surface area contributed by atoms with Gasteiger partial charge in [-0.05, 0) is 12.1 Å². The topological polar surface area (TPSA) is 93.8 Å². The molecule has 0 saturated carbocycles. The van der Waals surface area contributed by atoms with E-state index in [9.17, 15) is 4.79 Å². The predicted octanol–water partition coefficient (Wildman–Crippen LogP) is 0.480. The van der Waals surface area contributed by atoms with Crippen LogP contribution in [-0.2, 0) is 0 Å². The van der Waals surface area contributed by atoms with Crippen molar-refractivity contribution in [3.8, 4) is 11.3 Å². The van der Waals surface area contributed by atoms with Crippen LogP contribution in [0.1, 0.15) is 10.5 Å². The molecule has 2 aromatic rings. The summed E-state index contributed by atoms with van der Waals surface area (Å²) >= 11 is 0. The van der Waals surface area contributed by atoms with E-state index in [0.717, 1.165) is 0 Å². The fourth-order valence-corrected chi connectivity index (χ4v) is 1.41. The summed E-state index contributed by atoms with van der Waals surface area (Å²) in [5.74, 6) is -0.368. The molecule has 0 spiro atoms. The highest BCUT2D eigenvalue weighted by Crippen LogP contribution is 2.24. The second kappa shape index (κ2) is 4.56. The molecular weight excluding hydrogens is 218 g/mol. The number of nitrogens with two attached hydrogens (primary N) is 1. The fraction of sp³-hybridized carbons (Fsp3) is 0.0909. The van der Waals surface area contributed by atoms with Crippen LogP contribution in [0.5, 0.6) is 0 Å². The fourth-order valence-electron chi connectivity index (χ4n) is 1.41. The number of nitrogen functional groups attached to an aromatic ring is 1. The molecule has 0 aliphatic carbocycles. The van der Waals surface area contributed by atoms with Gasteiger partial charge < -0.3 is 11.1 Å². The highest BCUT2D eigenvalue weighted by Gasteiger charge is 2.15. The first-order valence-electron chi connectivity index (χ1n) is 4.98. The summed E-state index contributed by atoms with van der Waals surface area (Å²) in [5, 5.41) is 9.94. The van der Waals surface area contributed by atoms with Gasteiger partial charge in [-0.3, -0.25) is 9.78 Å². The van der Waals surface area contributed by atoms with Crippen LogP contribution in [0.3, 0.4) is 0 Å². The van der Waals surface area contributed by atoms with Crippen molar-refractivity contribution in [3.63, 3.8) is 0 Å². The molecule has 86 valence electrons. The second-order valence-electron chi connectivity index (χ2n) is 3.31. The van der Waals surface area contributed by atoms with Gasteiger partial charge in [-0.15, -0.1) is 5.10 Å². The standard InChI is InChI=1S/C11H11N5O/c1-13-11(17)10-9(12)7(6-15-16-10)8-4-2-3-5-14-8/h2-6H,1H3,(H2,12,15)(H,13,17). The SMILES string of the molecule is CNC(=O)c1nncc(-c2ccccn2)c1N. The summed E-state index contributed by atoms with van der Waals surface area (Å²) in [6.07, 6.45) is 3.14. The van der Waals surface area contributed by atoms with E-state index in [1.165, 1.54) is 13.2 Å². The molecule has 6 heteroatoms. The number of rotatable bonds is 2. The van der Waals surface area contributed by atoms with Crippen LogP contribution in [0.25, 0.3) is 11.3 Å². The van der Waals surface area contributed by atoms with Crippen molar-refractivity contribution >= 4 is 11.6 Å². The Morgan fingerprint density at radius 2 is 2.24 bits per heavy atom. The number of amides is 1. The lowest BCUT2D eigenvalue weighted by Crippen LogP contribution is -2.21. The normalized spacial score (nSPS) is 9.94. The summed E-state index contributed by atoms with van der Waals surface area (Å²) in [4.78, 5) is 15.7. The molecule has 0 saturated heterocycles. The number of aromatic nitrogens is 3. The molecule has 17 heavy (non-hydrogen) atoms. The molecule has 0 atom stereocenters. The van der Waals surface area contributed by atoms with E-state index in [4.69, 9.17) is 5.73 Å². The molecule has 2 rings (SSSR count).